The molecule has 29 heavy (non-hydrogen) atoms. The molecule has 0 saturated carbocycles. The van der Waals surface area contributed by atoms with Crippen LogP contribution >= 0.6 is 0 Å². The Kier molecular flexibility index (Phi) is 7.24. The largest absolute Gasteiger partial charge is 0.487 e. The monoisotopic (exact) mass is 395 g/mol. The topological polar surface area (TPSA) is 79.9 Å². The Balaban J connectivity index is 1.52. The number of morpholine rings is 1. The molecule has 0 atom stereocenters. The Morgan fingerprint density at radius 3 is 2.55 bits per heavy atom. The smallest absolute Gasteiger partial charge is 0.254 e. The highest BCUT2D eigenvalue weighted by atomic mass is 16.5. The van der Waals surface area contributed by atoms with Crippen LogP contribution in [0.25, 0.3) is 0 Å². The molecule has 0 radical (unpaired) electrons. The quantitative estimate of drug-likeness (QED) is 0.672. The lowest BCUT2D eigenvalue weighted by atomic mass is 10.1. The summed E-state index contributed by atoms with van der Waals surface area (Å²) in [6, 6.07) is 14.3. The Morgan fingerprint density at radius 1 is 1.10 bits per heavy atom. The highest BCUT2D eigenvalue weighted by Crippen LogP contribution is 2.23. The first kappa shape index (κ1) is 20.4. The molecule has 2 amide bonds. The maximum atomic E-state index is 12.5. The maximum absolute atomic E-state index is 12.5. The van der Waals surface area contributed by atoms with Crippen molar-refractivity contribution in [2.24, 2.45) is 0 Å². The molecule has 0 aliphatic carbocycles. The molecule has 3 rings (SSSR count). The summed E-state index contributed by atoms with van der Waals surface area (Å²) in [4.78, 5) is 26.5. The van der Waals surface area contributed by atoms with Gasteiger partial charge in [-0.25, -0.2) is 0 Å². The van der Waals surface area contributed by atoms with Crippen LogP contribution in [-0.4, -0.2) is 56.2 Å². The van der Waals surface area contributed by atoms with E-state index >= 15 is 0 Å². The summed E-state index contributed by atoms with van der Waals surface area (Å²) < 4.78 is 10.8. The lowest BCUT2D eigenvalue weighted by Crippen LogP contribution is -2.40. The van der Waals surface area contributed by atoms with Gasteiger partial charge in [-0.05, 0) is 36.4 Å². The van der Waals surface area contributed by atoms with Crippen molar-refractivity contribution in [1.82, 2.24) is 4.90 Å². The average molecular weight is 395 g/mol. The molecule has 7 heteroatoms. The fourth-order valence-electron chi connectivity index (χ4n) is 2.91. The number of carbonyl (C=O) groups excluding carboxylic acids is 2. The molecule has 1 heterocycles. The van der Waals surface area contributed by atoms with E-state index in [0.29, 0.717) is 49.9 Å². The number of nitrogens with one attached hydrogen (secondary N) is 2. The van der Waals surface area contributed by atoms with E-state index in [2.05, 4.69) is 17.2 Å². The zero-order chi connectivity index (χ0) is 20.5. The van der Waals surface area contributed by atoms with Crippen LogP contribution in [0, 0.1) is 0 Å². The minimum Gasteiger partial charge on any atom is -0.487 e. The van der Waals surface area contributed by atoms with Crippen molar-refractivity contribution in [3.63, 3.8) is 0 Å². The standard InChI is InChI=1S/C22H25N3O4/c1-2-13-29-20-6-4-3-5-19(20)23-16-21(26)24-18-9-7-17(8-10-18)22(27)25-11-14-28-15-12-25/h2-10,23H,1,11-16H2,(H,24,26). The average Bonchev–Trinajstić information content (AvgIpc) is 2.77. The molecular formula is C22H25N3O4. The highest BCUT2D eigenvalue weighted by molar-refractivity contribution is 5.96. The van der Waals surface area contributed by atoms with Gasteiger partial charge >= 0.3 is 0 Å². The number of nitrogens with zero attached hydrogens (tertiary/aromatic N) is 1. The number of benzene rings is 2. The van der Waals surface area contributed by atoms with Crippen molar-refractivity contribution in [3.05, 3.63) is 66.7 Å². The predicted octanol–water partition coefficient (Wildman–Crippen LogP) is 2.77. The number of ether oxygens (including phenoxy) is 2. The van der Waals surface area contributed by atoms with Crippen molar-refractivity contribution in [1.29, 1.82) is 0 Å². The van der Waals surface area contributed by atoms with Gasteiger partial charge in [0.05, 0.1) is 25.4 Å². The van der Waals surface area contributed by atoms with Crippen LogP contribution in [0.3, 0.4) is 0 Å². The molecule has 0 spiro atoms. The zero-order valence-electron chi connectivity index (χ0n) is 16.2. The van der Waals surface area contributed by atoms with E-state index in [-0.39, 0.29) is 18.4 Å². The first-order chi connectivity index (χ1) is 14.2. The summed E-state index contributed by atoms with van der Waals surface area (Å²) in [6.45, 7) is 6.43. The van der Waals surface area contributed by atoms with E-state index in [0.717, 1.165) is 5.69 Å². The minimum atomic E-state index is -0.198. The van der Waals surface area contributed by atoms with E-state index in [1.54, 1.807) is 35.2 Å². The second kappa shape index (κ2) is 10.3. The molecule has 2 N–H and O–H groups in total. The molecule has 0 unspecified atom stereocenters. The summed E-state index contributed by atoms with van der Waals surface area (Å²) in [6.07, 6.45) is 1.66. The highest BCUT2D eigenvalue weighted by Gasteiger charge is 2.18. The predicted molar refractivity (Wildman–Crippen MR) is 112 cm³/mol. The number of carbonyl (C=O) groups is 2. The van der Waals surface area contributed by atoms with Gasteiger partial charge in [0.1, 0.15) is 12.4 Å². The number of rotatable bonds is 8. The lowest BCUT2D eigenvalue weighted by Gasteiger charge is -2.26. The zero-order valence-corrected chi connectivity index (χ0v) is 16.2. The van der Waals surface area contributed by atoms with Crippen LogP contribution in [0.2, 0.25) is 0 Å². The Bertz CT molecular complexity index is 845. The van der Waals surface area contributed by atoms with Gasteiger partial charge in [0.2, 0.25) is 5.91 Å². The summed E-state index contributed by atoms with van der Waals surface area (Å²) in [5, 5.41) is 5.89. The molecule has 2 aromatic rings. The molecule has 0 aromatic heterocycles. The van der Waals surface area contributed by atoms with Crippen molar-refractivity contribution >= 4 is 23.2 Å². The maximum Gasteiger partial charge on any atom is 0.254 e. The van der Waals surface area contributed by atoms with Crippen molar-refractivity contribution in [3.8, 4) is 5.75 Å². The molecule has 1 aliphatic heterocycles. The van der Waals surface area contributed by atoms with Crippen molar-refractivity contribution in [2.45, 2.75) is 0 Å². The van der Waals surface area contributed by atoms with Crippen LogP contribution in [0.1, 0.15) is 10.4 Å². The van der Waals surface area contributed by atoms with Crippen molar-refractivity contribution < 1.29 is 19.1 Å². The lowest BCUT2D eigenvalue weighted by molar-refractivity contribution is -0.114. The minimum absolute atomic E-state index is 0.0241. The van der Waals surface area contributed by atoms with Gasteiger partial charge in [-0.3, -0.25) is 9.59 Å². The van der Waals surface area contributed by atoms with Gasteiger partial charge in [-0.15, -0.1) is 0 Å². The normalized spacial score (nSPS) is 13.4. The van der Waals surface area contributed by atoms with Crippen LogP contribution < -0.4 is 15.4 Å². The fourth-order valence-corrected chi connectivity index (χ4v) is 2.91. The molecule has 7 nitrogen and oxygen atoms in total. The second-order valence-corrected chi connectivity index (χ2v) is 6.48. The van der Waals surface area contributed by atoms with Gasteiger partial charge in [0.15, 0.2) is 0 Å². The summed E-state index contributed by atoms with van der Waals surface area (Å²) in [5.41, 5.74) is 1.96. The molecular weight excluding hydrogens is 370 g/mol. The molecule has 1 saturated heterocycles. The molecule has 2 aromatic carbocycles. The number of amides is 2. The van der Waals surface area contributed by atoms with E-state index in [1.165, 1.54) is 0 Å². The third-order valence-corrected chi connectivity index (χ3v) is 4.40. The first-order valence-electron chi connectivity index (χ1n) is 9.51. The summed E-state index contributed by atoms with van der Waals surface area (Å²) >= 11 is 0. The summed E-state index contributed by atoms with van der Waals surface area (Å²) in [5.74, 6) is 0.436. The van der Waals surface area contributed by atoms with Gasteiger partial charge < -0.3 is 25.0 Å². The van der Waals surface area contributed by atoms with Crippen LogP contribution in [0.4, 0.5) is 11.4 Å². The van der Waals surface area contributed by atoms with E-state index in [1.807, 2.05) is 24.3 Å². The third kappa shape index (κ3) is 5.83. The number of hydrogen-bond donors (Lipinski definition) is 2. The SMILES string of the molecule is C=CCOc1ccccc1NCC(=O)Nc1ccc(C(=O)N2CCOCC2)cc1. The van der Waals surface area contributed by atoms with Gasteiger partial charge in [-0.1, -0.05) is 24.8 Å². The third-order valence-electron chi connectivity index (χ3n) is 4.40. The Morgan fingerprint density at radius 2 is 1.83 bits per heavy atom. The molecule has 1 aliphatic rings. The van der Waals surface area contributed by atoms with E-state index in [9.17, 15) is 9.59 Å². The molecule has 152 valence electrons. The molecule has 0 bridgehead atoms. The number of para-hydroxylation sites is 2. The first-order valence-corrected chi connectivity index (χ1v) is 9.51. The summed E-state index contributed by atoms with van der Waals surface area (Å²) in [7, 11) is 0. The second-order valence-electron chi connectivity index (χ2n) is 6.48. The van der Waals surface area contributed by atoms with Crippen molar-refractivity contribution in [2.75, 3.05) is 50.1 Å². The van der Waals surface area contributed by atoms with Crippen LogP contribution in [-0.2, 0) is 9.53 Å². The van der Waals surface area contributed by atoms with E-state index in [4.69, 9.17) is 9.47 Å². The van der Waals surface area contributed by atoms with E-state index < -0.39 is 0 Å². The number of hydrogen-bond acceptors (Lipinski definition) is 5. The fraction of sp³-hybridized carbons (Fsp3) is 0.273. The van der Waals surface area contributed by atoms with Gasteiger partial charge in [0.25, 0.3) is 5.91 Å². The van der Waals surface area contributed by atoms with Gasteiger partial charge in [-0.2, -0.15) is 0 Å². The number of anilines is 2. The van der Waals surface area contributed by atoms with Crippen LogP contribution in [0.15, 0.2) is 61.2 Å². The van der Waals surface area contributed by atoms with Gasteiger partial charge in [0, 0.05) is 24.3 Å². The Labute approximate surface area is 170 Å². The Hall–Kier alpha value is -3.32. The molecule has 1 fully saturated rings. The van der Waals surface area contributed by atoms with Crippen LogP contribution in [0.5, 0.6) is 5.75 Å².